The van der Waals surface area contributed by atoms with Gasteiger partial charge in [0.2, 0.25) is 5.91 Å². The normalized spacial score (nSPS) is 17.8. The largest absolute Gasteiger partial charge is 0.453 e. The maximum Gasteiger partial charge on any atom is 0.407 e. The molecule has 1 radical (unpaired) electrons. The summed E-state index contributed by atoms with van der Waals surface area (Å²) >= 11 is 0. The van der Waals surface area contributed by atoms with Crippen LogP contribution < -0.4 is 5.32 Å². The van der Waals surface area contributed by atoms with Gasteiger partial charge >= 0.3 is 6.09 Å². The van der Waals surface area contributed by atoms with E-state index in [1.807, 2.05) is 102 Å². The standard InChI is InChI=1S/C43H42N9O4/c1-27(28-11-5-3-6-12-28)41(53)51-23-9-15-36(51)40-45-26-35(47-40)33-22-21-32(49-50-33)29-17-19-30(20-18-29)34-25-44-39(46-34)37-16-10-24-52(37)42(54)38(48-43(55)56-2)31-13-7-4-8-14-31/h3-8,11-14,17-22,25-27,36-38H,1,9-10,15-16,23-24H2,2H3,(H,44,46)(H,45,47)(H,48,55)/t27-,36+,37+,38-/m1/s1. The van der Waals surface area contributed by atoms with Gasteiger partial charge in [-0.3, -0.25) is 9.59 Å². The van der Waals surface area contributed by atoms with Crippen LogP contribution in [0.4, 0.5) is 4.79 Å². The minimum atomic E-state index is -0.882. The fourth-order valence-electron chi connectivity index (χ4n) is 7.67. The molecule has 5 heterocycles. The Balaban J connectivity index is 0.925. The Bertz CT molecular complexity index is 2290. The zero-order chi connectivity index (χ0) is 38.6. The van der Waals surface area contributed by atoms with Crippen molar-refractivity contribution in [2.24, 2.45) is 0 Å². The lowest BCUT2D eigenvalue weighted by Gasteiger charge is -2.28. The van der Waals surface area contributed by atoms with Gasteiger partial charge in [0, 0.05) is 18.7 Å². The minimum Gasteiger partial charge on any atom is -0.453 e. The molecule has 4 atom stereocenters. The third-order valence-corrected chi connectivity index (χ3v) is 10.7. The Hall–Kier alpha value is -6.63. The molecule has 0 aliphatic carbocycles. The van der Waals surface area contributed by atoms with Crippen molar-refractivity contribution in [2.75, 3.05) is 20.2 Å². The summed E-state index contributed by atoms with van der Waals surface area (Å²) in [5, 5.41) is 11.7. The highest BCUT2D eigenvalue weighted by molar-refractivity contribution is 5.87. The van der Waals surface area contributed by atoms with Crippen molar-refractivity contribution in [1.82, 2.24) is 45.2 Å². The first kappa shape index (κ1) is 36.4. The number of rotatable bonds is 10. The lowest BCUT2D eigenvalue weighted by Crippen LogP contribution is -2.42. The molecule has 2 aliphatic heterocycles. The molecule has 8 rings (SSSR count). The minimum absolute atomic E-state index is 0.00389. The average Bonchev–Trinajstić information content (AvgIpc) is 4.10. The molecule has 0 bridgehead atoms. The molecule has 2 aliphatic rings. The number of ether oxygens (including phenoxy) is 1. The van der Waals surface area contributed by atoms with Crippen molar-refractivity contribution in [3.63, 3.8) is 0 Å². The van der Waals surface area contributed by atoms with Gasteiger partial charge in [0.05, 0.1) is 54.6 Å². The Labute approximate surface area is 324 Å². The van der Waals surface area contributed by atoms with Crippen LogP contribution in [0.5, 0.6) is 0 Å². The van der Waals surface area contributed by atoms with Crippen LogP contribution in [0.2, 0.25) is 0 Å². The lowest BCUT2D eigenvalue weighted by molar-refractivity contribution is -0.134. The number of amides is 3. The molecule has 3 amide bonds. The number of likely N-dealkylation sites (tertiary alicyclic amines) is 2. The van der Waals surface area contributed by atoms with Gasteiger partial charge in [-0.15, -0.1) is 10.2 Å². The van der Waals surface area contributed by atoms with E-state index < -0.39 is 18.1 Å². The summed E-state index contributed by atoms with van der Waals surface area (Å²) in [5.74, 6) is 0.720. The van der Waals surface area contributed by atoms with E-state index in [9.17, 15) is 14.4 Å². The van der Waals surface area contributed by atoms with E-state index in [1.165, 1.54) is 7.11 Å². The fourth-order valence-corrected chi connectivity index (χ4v) is 7.67. The van der Waals surface area contributed by atoms with E-state index in [0.717, 1.165) is 59.6 Å². The summed E-state index contributed by atoms with van der Waals surface area (Å²) in [6.07, 6.45) is 6.13. The molecule has 0 saturated carbocycles. The van der Waals surface area contributed by atoms with E-state index in [2.05, 4.69) is 42.4 Å². The molecule has 6 aromatic rings. The highest BCUT2D eigenvalue weighted by Gasteiger charge is 2.37. The fraction of sp³-hybridized carbons (Fsp3) is 0.256. The zero-order valence-corrected chi connectivity index (χ0v) is 31.0. The van der Waals surface area contributed by atoms with Crippen molar-refractivity contribution < 1.29 is 19.1 Å². The van der Waals surface area contributed by atoms with E-state index in [0.29, 0.717) is 35.9 Å². The van der Waals surface area contributed by atoms with Crippen LogP contribution >= 0.6 is 0 Å². The number of hydrogen-bond donors (Lipinski definition) is 3. The number of nitrogens with zero attached hydrogens (tertiary/aromatic N) is 6. The van der Waals surface area contributed by atoms with Crippen molar-refractivity contribution in [2.45, 2.75) is 49.7 Å². The lowest BCUT2D eigenvalue weighted by atomic mass is 9.99. The smallest absolute Gasteiger partial charge is 0.407 e. The molecule has 3 aromatic heterocycles. The second kappa shape index (κ2) is 16.0. The summed E-state index contributed by atoms with van der Waals surface area (Å²) in [7, 11) is 1.28. The maximum atomic E-state index is 13.9. The van der Waals surface area contributed by atoms with Crippen LogP contribution in [0.25, 0.3) is 33.9 Å². The third-order valence-electron chi connectivity index (χ3n) is 10.7. The zero-order valence-electron chi connectivity index (χ0n) is 31.0. The molecule has 0 unspecified atom stereocenters. The molecule has 2 saturated heterocycles. The predicted octanol–water partition coefficient (Wildman–Crippen LogP) is 6.97. The van der Waals surface area contributed by atoms with Crippen molar-refractivity contribution in [3.8, 4) is 33.9 Å². The van der Waals surface area contributed by atoms with Gasteiger partial charge in [0.15, 0.2) is 0 Å². The highest BCUT2D eigenvalue weighted by Crippen LogP contribution is 2.36. The van der Waals surface area contributed by atoms with Gasteiger partial charge in [-0.1, -0.05) is 84.9 Å². The summed E-state index contributed by atoms with van der Waals surface area (Å²) in [6.45, 7) is 5.38. The van der Waals surface area contributed by atoms with Crippen molar-refractivity contribution in [1.29, 1.82) is 0 Å². The van der Waals surface area contributed by atoms with Crippen LogP contribution in [-0.4, -0.2) is 78.0 Å². The molecular formula is C43H42N9O4. The molecule has 13 nitrogen and oxygen atoms in total. The number of benzene rings is 3. The Morgan fingerprint density at radius 2 is 1.23 bits per heavy atom. The summed E-state index contributed by atoms with van der Waals surface area (Å²) < 4.78 is 4.82. The Kier molecular flexibility index (Phi) is 10.4. The first-order chi connectivity index (χ1) is 27.4. The number of alkyl carbamates (subject to hydrolysis) is 1. The van der Waals surface area contributed by atoms with E-state index in [1.54, 1.807) is 17.3 Å². The third kappa shape index (κ3) is 7.39. The molecule has 3 N–H and O–H groups in total. The topological polar surface area (TPSA) is 162 Å². The molecule has 283 valence electrons. The summed E-state index contributed by atoms with van der Waals surface area (Å²) in [4.78, 5) is 59.3. The van der Waals surface area contributed by atoms with Gasteiger partial charge in [-0.25, -0.2) is 14.8 Å². The van der Waals surface area contributed by atoms with Crippen LogP contribution in [0.3, 0.4) is 0 Å². The number of carbonyl (C=O) groups is 3. The van der Waals surface area contributed by atoms with Crippen molar-refractivity contribution in [3.05, 3.63) is 139 Å². The summed E-state index contributed by atoms with van der Waals surface area (Å²) in [6, 6.07) is 29.3. The maximum absolute atomic E-state index is 13.9. The van der Waals surface area contributed by atoms with Gasteiger partial charge in [0.25, 0.3) is 5.91 Å². The second-order valence-electron chi connectivity index (χ2n) is 14.1. The number of hydrogen-bond acceptors (Lipinski definition) is 8. The predicted molar refractivity (Wildman–Crippen MR) is 209 cm³/mol. The van der Waals surface area contributed by atoms with Gasteiger partial charge in [-0.2, -0.15) is 0 Å². The van der Waals surface area contributed by atoms with Crippen LogP contribution in [0.15, 0.2) is 109 Å². The molecule has 0 spiro atoms. The first-order valence-electron chi connectivity index (χ1n) is 18.8. The monoisotopic (exact) mass is 748 g/mol. The number of imidazole rings is 2. The molecule has 3 aromatic carbocycles. The average molecular weight is 749 g/mol. The Morgan fingerprint density at radius 3 is 1.84 bits per heavy atom. The van der Waals surface area contributed by atoms with Crippen molar-refractivity contribution >= 4 is 17.9 Å². The number of aromatic nitrogens is 6. The van der Waals surface area contributed by atoms with Crippen LogP contribution in [0.1, 0.15) is 72.5 Å². The van der Waals surface area contributed by atoms with Gasteiger partial charge in [-0.05, 0) is 61.4 Å². The number of carbonyl (C=O) groups excluding carboxylic acids is 3. The van der Waals surface area contributed by atoms with Gasteiger partial charge < -0.3 is 29.8 Å². The van der Waals surface area contributed by atoms with E-state index in [-0.39, 0.29) is 23.9 Å². The quantitative estimate of drug-likeness (QED) is 0.135. The molecule has 2 fully saturated rings. The molecular weight excluding hydrogens is 707 g/mol. The number of aromatic amines is 2. The SMILES string of the molecule is [CH2][C@@H](C(=O)N1CCC[C@H]1c1ncc(-c2ccc(-c3ccc(-c4cnc([C@@H]5CCCN5C(=O)[C@H](NC(=O)OC)c5ccccc5)[nH]4)cc3)nn2)[nH]1)c1ccccc1. The second-order valence-corrected chi connectivity index (χ2v) is 14.1. The highest BCUT2D eigenvalue weighted by atomic mass is 16.5. The summed E-state index contributed by atoms with van der Waals surface area (Å²) in [5.41, 5.74) is 6.33. The van der Waals surface area contributed by atoms with E-state index in [4.69, 9.17) is 4.74 Å². The molecule has 56 heavy (non-hydrogen) atoms. The molecule has 13 heteroatoms. The van der Waals surface area contributed by atoms with Crippen LogP contribution in [0, 0.1) is 6.92 Å². The van der Waals surface area contributed by atoms with Gasteiger partial charge in [0.1, 0.15) is 23.4 Å². The first-order valence-corrected chi connectivity index (χ1v) is 18.8. The number of methoxy groups -OCH3 is 1. The van der Waals surface area contributed by atoms with Crippen LogP contribution in [-0.2, 0) is 14.3 Å². The number of H-pyrrole nitrogens is 2. The Morgan fingerprint density at radius 1 is 0.696 bits per heavy atom. The van der Waals surface area contributed by atoms with E-state index >= 15 is 0 Å². The number of nitrogens with one attached hydrogen (secondary N) is 3.